The van der Waals surface area contributed by atoms with Gasteiger partial charge in [-0.15, -0.1) is 0 Å². The number of aromatic amines is 1. The van der Waals surface area contributed by atoms with Crippen LogP contribution in [0.1, 0.15) is 74.6 Å². The molecule has 154 valence electrons. The molecular weight excluding hydrogens is 352 g/mol. The van der Waals surface area contributed by atoms with Crippen LogP contribution in [0.2, 0.25) is 0 Å². The lowest BCUT2D eigenvalue weighted by Crippen LogP contribution is -2.51. The van der Waals surface area contributed by atoms with E-state index < -0.39 is 0 Å². The van der Waals surface area contributed by atoms with Crippen molar-refractivity contribution in [3.05, 3.63) is 71.4 Å². The van der Waals surface area contributed by atoms with Gasteiger partial charge in [-0.1, -0.05) is 81.1 Å². The minimum Gasteiger partial charge on any atom is -0.358 e. The Hall–Kier alpha value is -2.06. The topological polar surface area (TPSA) is 19.0 Å². The molecule has 1 aromatic heterocycles. The summed E-state index contributed by atoms with van der Waals surface area (Å²) in [6.07, 6.45) is 10.2. The predicted octanol–water partition coefficient (Wildman–Crippen LogP) is 6.91. The molecule has 1 heterocycles. The van der Waals surface area contributed by atoms with Crippen molar-refractivity contribution in [2.75, 3.05) is 14.1 Å². The molecule has 2 aromatic carbocycles. The zero-order chi connectivity index (χ0) is 20.3. The van der Waals surface area contributed by atoms with E-state index in [1.807, 2.05) is 0 Å². The summed E-state index contributed by atoms with van der Waals surface area (Å²) >= 11 is 0. The van der Waals surface area contributed by atoms with Crippen molar-refractivity contribution in [3.63, 3.8) is 0 Å². The average molecular weight is 389 g/mol. The molecule has 0 bridgehead atoms. The zero-order valence-electron chi connectivity index (χ0n) is 18.4. The fraction of sp³-hybridized carbons (Fsp3) is 0.481. The van der Waals surface area contributed by atoms with Gasteiger partial charge in [0, 0.05) is 28.1 Å². The molecule has 2 unspecified atom stereocenters. The molecular formula is C27H36N2. The lowest BCUT2D eigenvalue weighted by molar-refractivity contribution is 0.0615. The van der Waals surface area contributed by atoms with Gasteiger partial charge in [-0.25, -0.2) is 0 Å². The van der Waals surface area contributed by atoms with E-state index >= 15 is 0 Å². The number of hydrogen-bond donors (Lipinski definition) is 1. The van der Waals surface area contributed by atoms with Gasteiger partial charge in [0.15, 0.2) is 0 Å². The van der Waals surface area contributed by atoms with E-state index in [4.69, 9.17) is 0 Å². The van der Waals surface area contributed by atoms with Crippen LogP contribution in [-0.2, 0) is 6.42 Å². The molecule has 2 nitrogen and oxygen atoms in total. The maximum atomic E-state index is 3.91. The van der Waals surface area contributed by atoms with E-state index in [-0.39, 0.29) is 5.54 Å². The molecule has 1 N–H and O–H groups in total. The van der Waals surface area contributed by atoms with Crippen molar-refractivity contribution in [1.29, 1.82) is 0 Å². The van der Waals surface area contributed by atoms with Gasteiger partial charge in [0.05, 0.1) is 0 Å². The molecule has 1 fully saturated rings. The summed E-state index contributed by atoms with van der Waals surface area (Å²) in [4.78, 5) is 6.47. The normalized spacial score (nSPS) is 22.4. The molecule has 0 aliphatic heterocycles. The van der Waals surface area contributed by atoms with Crippen molar-refractivity contribution in [2.24, 2.45) is 0 Å². The SMILES string of the molecule is CCCCC1(N(C)C)CCCCC1c1[nH]c2ccccc2c1Cc1ccccc1. The maximum Gasteiger partial charge on any atom is 0.0459 e. The molecule has 0 amide bonds. The predicted molar refractivity (Wildman–Crippen MR) is 125 cm³/mol. The lowest BCUT2D eigenvalue weighted by Gasteiger charge is -2.49. The molecule has 29 heavy (non-hydrogen) atoms. The summed E-state index contributed by atoms with van der Waals surface area (Å²) in [6.45, 7) is 2.32. The van der Waals surface area contributed by atoms with Crippen LogP contribution in [0.4, 0.5) is 0 Å². The van der Waals surface area contributed by atoms with Crippen LogP contribution in [0.25, 0.3) is 10.9 Å². The first-order chi connectivity index (χ1) is 14.2. The van der Waals surface area contributed by atoms with Crippen LogP contribution in [0.15, 0.2) is 54.6 Å². The van der Waals surface area contributed by atoms with Crippen LogP contribution in [0.3, 0.4) is 0 Å². The highest BCUT2D eigenvalue weighted by molar-refractivity contribution is 5.85. The number of fused-ring (bicyclic) bond motifs is 1. The van der Waals surface area contributed by atoms with Gasteiger partial charge < -0.3 is 9.88 Å². The quantitative estimate of drug-likeness (QED) is 0.466. The van der Waals surface area contributed by atoms with Crippen molar-refractivity contribution in [2.45, 2.75) is 69.7 Å². The number of nitrogens with one attached hydrogen (secondary N) is 1. The summed E-state index contributed by atoms with van der Waals surface area (Å²) in [5, 5.41) is 1.40. The van der Waals surface area contributed by atoms with Gasteiger partial charge in [0.1, 0.15) is 0 Å². The van der Waals surface area contributed by atoms with Gasteiger partial charge >= 0.3 is 0 Å². The van der Waals surface area contributed by atoms with Crippen molar-refractivity contribution < 1.29 is 0 Å². The van der Waals surface area contributed by atoms with Crippen LogP contribution >= 0.6 is 0 Å². The Morgan fingerprint density at radius 3 is 2.52 bits per heavy atom. The monoisotopic (exact) mass is 388 g/mol. The molecule has 2 heteroatoms. The molecule has 0 saturated heterocycles. The molecule has 0 spiro atoms. The summed E-state index contributed by atoms with van der Waals surface area (Å²) < 4.78 is 0. The minimum absolute atomic E-state index is 0.264. The van der Waals surface area contributed by atoms with E-state index in [0.717, 1.165) is 6.42 Å². The number of H-pyrrole nitrogens is 1. The third-order valence-corrected chi connectivity index (χ3v) is 7.27. The smallest absolute Gasteiger partial charge is 0.0459 e. The van der Waals surface area contributed by atoms with Gasteiger partial charge in [0.25, 0.3) is 0 Å². The number of rotatable bonds is 7. The highest BCUT2D eigenvalue weighted by atomic mass is 15.2. The second kappa shape index (κ2) is 8.75. The number of likely N-dealkylation sites (N-methyl/N-ethyl adjacent to an activating group) is 1. The highest BCUT2D eigenvalue weighted by Crippen LogP contribution is 2.48. The van der Waals surface area contributed by atoms with Crippen LogP contribution in [0.5, 0.6) is 0 Å². The second-order valence-corrected chi connectivity index (χ2v) is 9.13. The number of hydrogen-bond acceptors (Lipinski definition) is 1. The van der Waals surface area contributed by atoms with E-state index in [1.165, 1.54) is 72.7 Å². The third-order valence-electron chi connectivity index (χ3n) is 7.27. The Morgan fingerprint density at radius 1 is 1.00 bits per heavy atom. The summed E-state index contributed by atoms with van der Waals surface area (Å²) in [7, 11) is 4.63. The first kappa shape index (κ1) is 20.2. The standard InChI is InChI=1S/C27H36N2/c1-4-5-18-27(29(2)3)19-12-11-16-24(27)26-23(20-21-13-7-6-8-14-21)22-15-9-10-17-25(22)28-26/h6-10,13-15,17,24,28H,4-5,11-12,16,18-20H2,1-3H3. The van der Waals surface area contributed by atoms with Gasteiger partial charge in [-0.3, -0.25) is 0 Å². The van der Waals surface area contributed by atoms with Crippen LogP contribution < -0.4 is 0 Å². The second-order valence-electron chi connectivity index (χ2n) is 9.13. The van der Waals surface area contributed by atoms with Crippen molar-refractivity contribution >= 4 is 10.9 Å². The Labute approximate surface area is 176 Å². The number of para-hydroxylation sites is 1. The van der Waals surface area contributed by atoms with E-state index in [9.17, 15) is 0 Å². The zero-order valence-corrected chi connectivity index (χ0v) is 18.4. The number of aromatic nitrogens is 1. The van der Waals surface area contributed by atoms with E-state index in [1.54, 1.807) is 0 Å². The molecule has 3 aromatic rings. The summed E-state index contributed by atoms with van der Waals surface area (Å²) in [6, 6.07) is 19.9. The molecule has 2 atom stereocenters. The minimum atomic E-state index is 0.264. The fourth-order valence-electron chi connectivity index (χ4n) is 5.69. The van der Waals surface area contributed by atoms with Crippen LogP contribution in [-0.4, -0.2) is 29.5 Å². The number of benzene rings is 2. The Morgan fingerprint density at radius 2 is 1.76 bits per heavy atom. The lowest BCUT2D eigenvalue weighted by atomic mass is 9.67. The summed E-state index contributed by atoms with van der Waals surface area (Å²) in [5.74, 6) is 0.573. The largest absolute Gasteiger partial charge is 0.358 e. The number of nitrogens with zero attached hydrogens (tertiary/aromatic N) is 1. The van der Waals surface area contributed by atoms with Gasteiger partial charge in [0.2, 0.25) is 0 Å². The van der Waals surface area contributed by atoms with E-state index in [0.29, 0.717) is 5.92 Å². The first-order valence-electron chi connectivity index (χ1n) is 11.5. The molecule has 4 rings (SSSR count). The Bertz CT molecular complexity index is 924. The average Bonchev–Trinajstić information content (AvgIpc) is 3.11. The summed E-state index contributed by atoms with van der Waals surface area (Å²) in [5.41, 5.74) is 5.97. The highest BCUT2D eigenvalue weighted by Gasteiger charge is 2.44. The van der Waals surface area contributed by atoms with Crippen molar-refractivity contribution in [1.82, 2.24) is 9.88 Å². The van der Waals surface area contributed by atoms with Gasteiger partial charge in [-0.2, -0.15) is 0 Å². The Balaban J connectivity index is 1.83. The maximum absolute atomic E-state index is 3.91. The number of unbranched alkanes of at least 4 members (excludes halogenated alkanes) is 1. The molecule has 1 aliphatic rings. The van der Waals surface area contributed by atoms with Crippen molar-refractivity contribution in [3.8, 4) is 0 Å². The van der Waals surface area contributed by atoms with Gasteiger partial charge in [-0.05, 0) is 57.0 Å². The first-order valence-corrected chi connectivity index (χ1v) is 11.5. The fourth-order valence-corrected chi connectivity index (χ4v) is 5.69. The molecule has 1 saturated carbocycles. The third kappa shape index (κ3) is 3.88. The Kier molecular flexibility index (Phi) is 6.10. The van der Waals surface area contributed by atoms with E-state index in [2.05, 4.69) is 85.5 Å². The molecule has 1 aliphatic carbocycles. The van der Waals surface area contributed by atoms with Crippen LogP contribution in [0, 0.1) is 0 Å². The molecule has 0 radical (unpaired) electrons.